The number of hydrogen-bond donors (Lipinski definition) is 1. The lowest BCUT2D eigenvalue weighted by molar-refractivity contribution is 0.510. The fourth-order valence-electron chi connectivity index (χ4n) is 2.05. The van der Waals surface area contributed by atoms with Gasteiger partial charge in [-0.25, -0.2) is 0 Å². The van der Waals surface area contributed by atoms with Gasteiger partial charge in [0, 0.05) is 6.04 Å². The third kappa shape index (κ3) is 2.16. The highest BCUT2D eigenvalue weighted by Gasteiger charge is 2.15. The van der Waals surface area contributed by atoms with Crippen LogP contribution >= 0.6 is 0 Å². The summed E-state index contributed by atoms with van der Waals surface area (Å²) in [6.45, 7) is 10.8. The monoisotopic (exact) mass is 191 g/mol. The SMILES string of the molecule is Cc1cc(C)c([C@H](N)C(C)C)c(C)c1. The van der Waals surface area contributed by atoms with Gasteiger partial charge in [-0.1, -0.05) is 31.5 Å². The molecule has 0 fully saturated rings. The van der Waals surface area contributed by atoms with Crippen molar-refractivity contribution in [2.24, 2.45) is 11.7 Å². The van der Waals surface area contributed by atoms with E-state index in [9.17, 15) is 0 Å². The molecular formula is C13H21N. The Morgan fingerprint density at radius 1 is 1.00 bits per heavy atom. The zero-order valence-electron chi connectivity index (χ0n) is 9.89. The first-order valence-electron chi connectivity index (χ1n) is 5.26. The molecule has 14 heavy (non-hydrogen) atoms. The van der Waals surface area contributed by atoms with Gasteiger partial charge in [-0.2, -0.15) is 0 Å². The summed E-state index contributed by atoms with van der Waals surface area (Å²) in [6.07, 6.45) is 0. The van der Waals surface area contributed by atoms with Crippen molar-refractivity contribution in [3.63, 3.8) is 0 Å². The predicted octanol–water partition coefficient (Wildman–Crippen LogP) is 3.27. The molecule has 0 radical (unpaired) electrons. The summed E-state index contributed by atoms with van der Waals surface area (Å²) in [6, 6.07) is 4.59. The Morgan fingerprint density at radius 2 is 1.43 bits per heavy atom. The van der Waals surface area contributed by atoms with E-state index in [4.69, 9.17) is 5.73 Å². The average molecular weight is 191 g/mol. The molecule has 0 aliphatic heterocycles. The molecule has 0 amide bonds. The average Bonchev–Trinajstić information content (AvgIpc) is 2.01. The van der Waals surface area contributed by atoms with Gasteiger partial charge in [-0.15, -0.1) is 0 Å². The Labute approximate surface area is 87.3 Å². The minimum absolute atomic E-state index is 0.163. The highest BCUT2D eigenvalue weighted by Crippen LogP contribution is 2.26. The molecule has 0 saturated carbocycles. The summed E-state index contributed by atoms with van der Waals surface area (Å²) in [4.78, 5) is 0. The highest BCUT2D eigenvalue weighted by atomic mass is 14.6. The molecule has 1 rings (SSSR count). The topological polar surface area (TPSA) is 26.0 Å². The third-order valence-electron chi connectivity index (χ3n) is 2.79. The summed E-state index contributed by atoms with van der Waals surface area (Å²) in [5.74, 6) is 0.495. The molecule has 0 unspecified atom stereocenters. The van der Waals surface area contributed by atoms with E-state index < -0.39 is 0 Å². The summed E-state index contributed by atoms with van der Waals surface area (Å²) in [5, 5.41) is 0. The number of aryl methyl sites for hydroxylation is 3. The van der Waals surface area contributed by atoms with Crippen molar-refractivity contribution in [3.05, 3.63) is 34.4 Å². The van der Waals surface area contributed by atoms with Gasteiger partial charge in [-0.05, 0) is 43.4 Å². The Kier molecular flexibility index (Phi) is 3.33. The molecule has 1 aromatic rings. The lowest BCUT2D eigenvalue weighted by Crippen LogP contribution is -2.19. The van der Waals surface area contributed by atoms with E-state index in [-0.39, 0.29) is 6.04 Å². The quantitative estimate of drug-likeness (QED) is 0.763. The fourth-order valence-corrected chi connectivity index (χ4v) is 2.05. The van der Waals surface area contributed by atoms with E-state index in [2.05, 4.69) is 46.8 Å². The summed E-state index contributed by atoms with van der Waals surface area (Å²) < 4.78 is 0. The van der Waals surface area contributed by atoms with Crippen LogP contribution in [0.25, 0.3) is 0 Å². The van der Waals surface area contributed by atoms with Crippen molar-refractivity contribution < 1.29 is 0 Å². The first kappa shape index (κ1) is 11.3. The second-order valence-electron chi connectivity index (χ2n) is 4.58. The molecule has 0 aliphatic carbocycles. The molecular weight excluding hydrogens is 170 g/mol. The van der Waals surface area contributed by atoms with Crippen molar-refractivity contribution in [3.8, 4) is 0 Å². The number of rotatable bonds is 2. The van der Waals surface area contributed by atoms with Gasteiger partial charge in [-0.3, -0.25) is 0 Å². The molecule has 1 nitrogen and oxygen atoms in total. The molecule has 78 valence electrons. The second-order valence-corrected chi connectivity index (χ2v) is 4.58. The van der Waals surface area contributed by atoms with Crippen LogP contribution in [0.15, 0.2) is 12.1 Å². The van der Waals surface area contributed by atoms with E-state index in [1.807, 2.05) is 0 Å². The van der Waals surface area contributed by atoms with Gasteiger partial charge < -0.3 is 5.73 Å². The van der Waals surface area contributed by atoms with Crippen molar-refractivity contribution in [2.75, 3.05) is 0 Å². The van der Waals surface area contributed by atoms with Crippen LogP contribution in [-0.2, 0) is 0 Å². The Hall–Kier alpha value is -0.820. The molecule has 0 spiro atoms. The standard InChI is InChI=1S/C13H21N/c1-8(2)13(14)12-10(4)6-9(3)7-11(12)5/h6-8,13H,14H2,1-5H3/t13-/m1/s1. The Bertz CT molecular complexity index is 303. The normalized spacial score (nSPS) is 13.4. The molecule has 0 heterocycles. The van der Waals surface area contributed by atoms with Crippen LogP contribution in [0.4, 0.5) is 0 Å². The van der Waals surface area contributed by atoms with Crippen molar-refractivity contribution in [1.29, 1.82) is 0 Å². The van der Waals surface area contributed by atoms with Gasteiger partial charge in [0.25, 0.3) is 0 Å². The third-order valence-corrected chi connectivity index (χ3v) is 2.79. The zero-order chi connectivity index (χ0) is 10.9. The van der Waals surface area contributed by atoms with Crippen LogP contribution in [0.3, 0.4) is 0 Å². The first-order valence-corrected chi connectivity index (χ1v) is 5.26. The van der Waals surface area contributed by atoms with Crippen molar-refractivity contribution >= 4 is 0 Å². The molecule has 0 aliphatic rings. The van der Waals surface area contributed by atoms with Crippen LogP contribution in [0.1, 0.15) is 42.1 Å². The van der Waals surface area contributed by atoms with Gasteiger partial charge in [0.15, 0.2) is 0 Å². The van der Waals surface area contributed by atoms with Crippen LogP contribution in [0.2, 0.25) is 0 Å². The van der Waals surface area contributed by atoms with E-state index in [1.165, 1.54) is 22.3 Å². The lowest BCUT2D eigenvalue weighted by atomic mass is 9.89. The molecule has 1 aromatic carbocycles. The van der Waals surface area contributed by atoms with Crippen LogP contribution in [0, 0.1) is 26.7 Å². The maximum atomic E-state index is 6.19. The van der Waals surface area contributed by atoms with Gasteiger partial charge in [0.2, 0.25) is 0 Å². The minimum atomic E-state index is 0.163. The fraction of sp³-hybridized carbons (Fsp3) is 0.538. The molecule has 0 aromatic heterocycles. The minimum Gasteiger partial charge on any atom is -0.324 e. The number of nitrogens with two attached hydrogens (primary N) is 1. The van der Waals surface area contributed by atoms with Gasteiger partial charge in [0.05, 0.1) is 0 Å². The van der Waals surface area contributed by atoms with Gasteiger partial charge in [0.1, 0.15) is 0 Å². The van der Waals surface area contributed by atoms with E-state index in [0.29, 0.717) is 5.92 Å². The Morgan fingerprint density at radius 3 is 1.79 bits per heavy atom. The summed E-state index contributed by atoms with van der Waals surface area (Å²) in [5.41, 5.74) is 11.5. The summed E-state index contributed by atoms with van der Waals surface area (Å²) >= 11 is 0. The number of benzene rings is 1. The largest absolute Gasteiger partial charge is 0.324 e. The maximum absolute atomic E-state index is 6.19. The highest BCUT2D eigenvalue weighted by molar-refractivity contribution is 5.39. The van der Waals surface area contributed by atoms with E-state index in [0.717, 1.165) is 0 Å². The molecule has 0 saturated heterocycles. The predicted molar refractivity (Wildman–Crippen MR) is 62.4 cm³/mol. The van der Waals surface area contributed by atoms with Crippen LogP contribution in [0.5, 0.6) is 0 Å². The first-order chi connectivity index (χ1) is 6.43. The maximum Gasteiger partial charge on any atom is 0.0323 e. The van der Waals surface area contributed by atoms with Crippen molar-refractivity contribution in [1.82, 2.24) is 0 Å². The van der Waals surface area contributed by atoms with E-state index in [1.54, 1.807) is 0 Å². The van der Waals surface area contributed by atoms with Crippen LogP contribution < -0.4 is 5.73 Å². The van der Waals surface area contributed by atoms with Crippen LogP contribution in [-0.4, -0.2) is 0 Å². The lowest BCUT2D eigenvalue weighted by Gasteiger charge is -2.21. The van der Waals surface area contributed by atoms with Gasteiger partial charge >= 0.3 is 0 Å². The second kappa shape index (κ2) is 4.14. The molecule has 1 heteroatoms. The molecule has 1 atom stereocenters. The smallest absolute Gasteiger partial charge is 0.0323 e. The molecule has 2 N–H and O–H groups in total. The summed E-state index contributed by atoms with van der Waals surface area (Å²) in [7, 11) is 0. The Balaban J connectivity index is 3.20. The molecule has 0 bridgehead atoms. The van der Waals surface area contributed by atoms with Crippen molar-refractivity contribution in [2.45, 2.75) is 40.7 Å². The number of hydrogen-bond acceptors (Lipinski definition) is 1. The van der Waals surface area contributed by atoms with E-state index >= 15 is 0 Å². The zero-order valence-corrected chi connectivity index (χ0v) is 9.89.